The van der Waals surface area contributed by atoms with Crippen molar-refractivity contribution in [2.24, 2.45) is 11.8 Å². The molecule has 2 atom stereocenters. The summed E-state index contributed by atoms with van der Waals surface area (Å²) in [5.41, 5.74) is 4.07. The van der Waals surface area contributed by atoms with Crippen molar-refractivity contribution in [3.05, 3.63) is 84.2 Å². The van der Waals surface area contributed by atoms with Crippen molar-refractivity contribution in [3.63, 3.8) is 0 Å². The molecule has 176 valence electrons. The van der Waals surface area contributed by atoms with E-state index in [0.29, 0.717) is 42.1 Å². The molecule has 2 aromatic heterocycles. The zero-order chi connectivity index (χ0) is 23.9. The van der Waals surface area contributed by atoms with E-state index in [2.05, 4.69) is 25.1 Å². The standard InChI is InChI=1S/C26H24FN7O/c1-17-2-7-24(34-30-8-9-31-34)23(10-17)25(35)32-13-20-15-33(16-21(20)14-32)26-28-11-19(12-29-26)18-3-5-22(27)6-4-18/h2-12,20-21H,13-16H2,1H3. The lowest BCUT2D eigenvalue weighted by atomic mass is 10.0. The molecule has 1 amide bonds. The maximum absolute atomic E-state index is 13.5. The fourth-order valence-electron chi connectivity index (χ4n) is 5.10. The van der Waals surface area contributed by atoms with Gasteiger partial charge in [-0.25, -0.2) is 14.4 Å². The number of aromatic nitrogens is 5. The summed E-state index contributed by atoms with van der Waals surface area (Å²) in [7, 11) is 0. The molecule has 0 aliphatic carbocycles. The van der Waals surface area contributed by atoms with Crippen LogP contribution >= 0.6 is 0 Å². The Morgan fingerprint density at radius 3 is 2.20 bits per heavy atom. The molecule has 0 saturated carbocycles. The molecule has 0 bridgehead atoms. The fraction of sp³-hybridized carbons (Fsp3) is 0.269. The van der Waals surface area contributed by atoms with Gasteiger partial charge in [-0.1, -0.05) is 23.8 Å². The molecule has 35 heavy (non-hydrogen) atoms. The molecule has 2 aliphatic rings. The van der Waals surface area contributed by atoms with Crippen LogP contribution in [-0.2, 0) is 0 Å². The van der Waals surface area contributed by atoms with E-state index in [1.54, 1.807) is 36.9 Å². The average Bonchev–Trinajstić information content (AvgIpc) is 3.61. The Morgan fingerprint density at radius 2 is 1.54 bits per heavy atom. The molecule has 8 nitrogen and oxygen atoms in total. The lowest BCUT2D eigenvalue weighted by molar-refractivity contribution is 0.0782. The molecule has 0 N–H and O–H groups in total. The largest absolute Gasteiger partial charge is 0.340 e. The summed E-state index contributed by atoms with van der Waals surface area (Å²) >= 11 is 0. The number of amides is 1. The van der Waals surface area contributed by atoms with Gasteiger partial charge in [-0.05, 0) is 36.8 Å². The number of fused-ring (bicyclic) bond motifs is 1. The van der Waals surface area contributed by atoms with Crippen LogP contribution in [0, 0.1) is 24.6 Å². The minimum atomic E-state index is -0.265. The molecular weight excluding hydrogens is 445 g/mol. The first-order valence-corrected chi connectivity index (χ1v) is 11.6. The number of benzene rings is 2. The Hall–Kier alpha value is -4.14. The first-order valence-electron chi connectivity index (χ1n) is 11.6. The highest BCUT2D eigenvalue weighted by atomic mass is 19.1. The zero-order valence-corrected chi connectivity index (χ0v) is 19.3. The van der Waals surface area contributed by atoms with Crippen LogP contribution in [0.15, 0.2) is 67.3 Å². The van der Waals surface area contributed by atoms with Crippen LogP contribution in [0.4, 0.5) is 10.3 Å². The Bertz CT molecular complexity index is 1340. The quantitative estimate of drug-likeness (QED) is 0.456. The van der Waals surface area contributed by atoms with Crippen molar-refractivity contribution in [3.8, 4) is 16.8 Å². The van der Waals surface area contributed by atoms with E-state index in [0.717, 1.165) is 29.8 Å². The summed E-state index contributed by atoms with van der Waals surface area (Å²) in [5.74, 6) is 1.18. The maximum Gasteiger partial charge on any atom is 0.256 e. The number of rotatable bonds is 4. The van der Waals surface area contributed by atoms with Crippen LogP contribution in [0.5, 0.6) is 0 Å². The zero-order valence-electron chi connectivity index (χ0n) is 19.3. The van der Waals surface area contributed by atoms with Gasteiger partial charge in [0.2, 0.25) is 5.95 Å². The number of nitrogens with zero attached hydrogens (tertiary/aromatic N) is 7. The number of halogens is 1. The third kappa shape index (κ3) is 4.03. The van der Waals surface area contributed by atoms with Crippen LogP contribution in [0.2, 0.25) is 0 Å². The molecule has 2 unspecified atom stereocenters. The Morgan fingerprint density at radius 1 is 0.886 bits per heavy atom. The Balaban J connectivity index is 1.14. The van der Waals surface area contributed by atoms with Gasteiger partial charge < -0.3 is 9.80 Å². The van der Waals surface area contributed by atoms with Gasteiger partial charge in [-0.3, -0.25) is 4.79 Å². The van der Waals surface area contributed by atoms with Gasteiger partial charge in [0, 0.05) is 56.0 Å². The first kappa shape index (κ1) is 21.4. The lowest BCUT2D eigenvalue weighted by Gasteiger charge is -2.22. The highest BCUT2D eigenvalue weighted by molar-refractivity contribution is 5.98. The van der Waals surface area contributed by atoms with Gasteiger partial charge in [-0.15, -0.1) is 0 Å². The third-order valence-electron chi connectivity index (χ3n) is 6.89. The highest BCUT2D eigenvalue weighted by Crippen LogP contribution is 2.34. The van der Waals surface area contributed by atoms with Crippen molar-refractivity contribution >= 4 is 11.9 Å². The van der Waals surface area contributed by atoms with Crippen LogP contribution in [-0.4, -0.2) is 61.9 Å². The Kier molecular flexibility index (Phi) is 5.24. The van der Waals surface area contributed by atoms with Crippen LogP contribution in [0.25, 0.3) is 16.8 Å². The van der Waals surface area contributed by atoms with E-state index < -0.39 is 0 Å². The van der Waals surface area contributed by atoms with Crippen LogP contribution < -0.4 is 4.90 Å². The van der Waals surface area contributed by atoms with Gasteiger partial charge >= 0.3 is 0 Å². The molecule has 2 aromatic carbocycles. The van der Waals surface area contributed by atoms with Gasteiger partial charge in [0.1, 0.15) is 5.82 Å². The molecule has 9 heteroatoms. The summed E-state index contributed by atoms with van der Waals surface area (Å²) in [4.78, 5) is 28.3. The van der Waals surface area contributed by atoms with Crippen molar-refractivity contribution in [1.82, 2.24) is 29.9 Å². The summed E-state index contributed by atoms with van der Waals surface area (Å²) in [6.07, 6.45) is 6.78. The highest BCUT2D eigenvalue weighted by Gasteiger charge is 2.42. The van der Waals surface area contributed by atoms with Gasteiger partial charge in [0.15, 0.2) is 0 Å². The molecular formula is C26H24FN7O. The van der Waals surface area contributed by atoms with E-state index in [1.165, 1.54) is 16.9 Å². The number of carbonyl (C=O) groups is 1. The summed E-state index contributed by atoms with van der Waals surface area (Å²) in [5, 5.41) is 8.43. The van der Waals surface area contributed by atoms with Crippen molar-refractivity contribution in [2.45, 2.75) is 6.92 Å². The van der Waals surface area contributed by atoms with Crippen LogP contribution in [0.3, 0.4) is 0 Å². The monoisotopic (exact) mass is 469 g/mol. The van der Waals surface area contributed by atoms with E-state index in [-0.39, 0.29) is 11.7 Å². The molecule has 2 fully saturated rings. The number of likely N-dealkylation sites (tertiary alicyclic amines) is 1. The molecule has 0 spiro atoms. The van der Waals surface area contributed by atoms with E-state index in [1.807, 2.05) is 30.0 Å². The number of hydrogen-bond donors (Lipinski definition) is 0. The molecule has 4 aromatic rings. The predicted molar refractivity (Wildman–Crippen MR) is 129 cm³/mol. The second-order valence-corrected chi connectivity index (χ2v) is 9.25. The molecule has 4 heterocycles. The van der Waals surface area contributed by atoms with Gasteiger partial charge in [0.05, 0.1) is 23.6 Å². The summed E-state index contributed by atoms with van der Waals surface area (Å²) in [6, 6.07) is 12.1. The van der Waals surface area contributed by atoms with E-state index >= 15 is 0 Å². The number of carbonyl (C=O) groups excluding carboxylic acids is 1. The minimum absolute atomic E-state index is 0.0156. The van der Waals surface area contributed by atoms with Crippen molar-refractivity contribution < 1.29 is 9.18 Å². The summed E-state index contributed by atoms with van der Waals surface area (Å²) < 4.78 is 13.2. The Labute approximate surface area is 202 Å². The van der Waals surface area contributed by atoms with Gasteiger partial charge in [0.25, 0.3) is 5.91 Å². The SMILES string of the molecule is Cc1ccc(-n2nccn2)c(C(=O)N2CC3CN(c4ncc(-c5ccc(F)cc5)cn4)CC3C2)c1. The van der Waals surface area contributed by atoms with Crippen LogP contribution in [0.1, 0.15) is 15.9 Å². The second-order valence-electron chi connectivity index (χ2n) is 9.25. The first-order chi connectivity index (χ1) is 17.0. The van der Waals surface area contributed by atoms with E-state index in [4.69, 9.17) is 0 Å². The van der Waals surface area contributed by atoms with Crippen molar-refractivity contribution in [1.29, 1.82) is 0 Å². The summed E-state index contributed by atoms with van der Waals surface area (Å²) in [6.45, 7) is 5.01. The predicted octanol–water partition coefficient (Wildman–Crippen LogP) is 3.38. The van der Waals surface area contributed by atoms with E-state index in [9.17, 15) is 9.18 Å². The maximum atomic E-state index is 13.5. The molecule has 2 saturated heterocycles. The number of aryl methyl sites for hydroxylation is 1. The fourth-order valence-corrected chi connectivity index (χ4v) is 5.10. The smallest absolute Gasteiger partial charge is 0.256 e. The number of anilines is 1. The van der Waals surface area contributed by atoms with Gasteiger partial charge in [-0.2, -0.15) is 15.0 Å². The average molecular weight is 470 g/mol. The molecule has 2 aliphatic heterocycles. The number of hydrogen-bond acceptors (Lipinski definition) is 6. The molecule has 6 rings (SSSR count). The van der Waals surface area contributed by atoms with Crippen molar-refractivity contribution in [2.75, 3.05) is 31.1 Å². The topological polar surface area (TPSA) is 80.0 Å². The molecule has 0 radical (unpaired) electrons. The third-order valence-corrected chi connectivity index (χ3v) is 6.89. The normalized spacial score (nSPS) is 19.3. The minimum Gasteiger partial charge on any atom is -0.340 e. The lowest BCUT2D eigenvalue weighted by Crippen LogP contribution is -2.34. The second kappa shape index (κ2) is 8.57.